The summed E-state index contributed by atoms with van der Waals surface area (Å²) in [6.07, 6.45) is -0.760. The van der Waals surface area contributed by atoms with Gasteiger partial charge in [0.05, 0.1) is 11.1 Å². The molecule has 0 saturated carbocycles. The molecule has 1 unspecified atom stereocenters. The third kappa shape index (κ3) is 3.48. The second-order valence-electron chi connectivity index (χ2n) is 4.09. The first-order valence-electron chi connectivity index (χ1n) is 5.55. The molecule has 0 spiro atoms. The van der Waals surface area contributed by atoms with Gasteiger partial charge in [-0.3, -0.25) is 0 Å². The van der Waals surface area contributed by atoms with E-state index in [9.17, 15) is 9.50 Å². The van der Waals surface area contributed by atoms with Crippen LogP contribution in [0.15, 0.2) is 40.9 Å². The van der Waals surface area contributed by atoms with Gasteiger partial charge in [0.1, 0.15) is 5.82 Å². The van der Waals surface area contributed by atoms with Crippen LogP contribution in [0.2, 0.25) is 10.0 Å². The third-order valence-electron chi connectivity index (χ3n) is 2.79. The second-order valence-corrected chi connectivity index (χ2v) is 5.76. The Kier molecular flexibility index (Phi) is 4.85. The molecule has 0 aliphatic carbocycles. The first kappa shape index (κ1) is 14.8. The molecule has 0 aromatic heterocycles. The molecule has 19 heavy (non-hydrogen) atoms. The summed E-state index contributed by atoms with van der Waals surface area (Å²) in [5, 5.41) is 10.9. The molecule has 1 N–H and O–H groups in total. The fourth-order valence-electron chi connectivity index (χ4n) is 1.76. The summed E-state index contributed by atoms with van der Waals surface area (Å²) in [5.41, 5.74) is 0.920. The molecule has 0 aliphatic rings. The zero-order valence-electron chi connectivity index (χ0n) is 9.71. The van der Waals surface area contributed by atoms with Gasteiger partial charge >= 0.3 is 0 Å². The van der Waals surface area contributed by atoms with Crippen molar-refractivity contribution in [3.05, 3.63) is 67.9 Å². The molecule has 0 amide bonds. The van der Waals surface area contributed by atoms with Crippen molar-refractivity contribution in [2.24, 2.45) is 0 Å². The lowest BCUT2D eigenvalue weighted by molar-refractivity contribution is 0.177. The van der Waals surface area contributed by atoms with Gasteiger partial charge in [-0.2, -0.15) is 0 Å². The van der Waals surface area contributed by atoms with Crippen LogP contribution >= 0.6 is 39.1 Å². The molecule has 0 aliphatic heterocycles. The number of hydrogen-bond donors (Lipinski definition) is 1. The molecule has 1 atom stereocenters. The molecule has 0 heterocycles. The van der Waals surface area contributed by atoms with E-state index >= 15 is 0 Å². The van der Waals surface area contributed by atoms with E-state index in [4.69, 9.17) is 23.2 Å². The fraction of sp³-hybridized carbons (Fsp3) is 0.143. The van der Waals surface area contributed by atoms with Gasteiger partial charge in [-0.1, -0.05) is 35.3 Å². The zero-order chi connectivity index (χ0) is 14.0. The quantitative estimate of drug-likeness (QED) is 0.797. The van der Waals surface area contributed by atoms with Crippen LogP contribution < -0.4 is 0 Å². The van der Waals surface area contributed by atoms with E-state index in [1.807, 2.05) is 0 Å². The van der Waals surface area contributed by atoms with Gasteiger partial charge in [0.2, 0.25) is 0 Å². The largest absolute Gasteiger partial charge is 0.388 e. The summed E-state index contributed by atoms with van der Waals surface area (Å²) >= 11 is 15.2. The van der Waals surface area contributed by atoms with Crippen molar-refractivity contribution in [1.29, 1.82) is 0 Å². The molecule has 0 saturated heterocycles. The molecule has 100 valence electrons. The van der Waals surface area contributed by atoms with Gasteiger partial charge in [0, 0.05) is 21.5 Å². The number of hydrogen-bond acceptors (Lipinski definition) is 1. The first-order chi connectivity index (χ1) is 8.99. The van der Waals surface area contributed by atoms with Gasteiger partial charge in [0.25, 0.3) is 0 Å². The molecule has 0 radical (unpaired) electrons. The monoisotopic (exact) mass is 362 g/mol. The zero-order valence-corrected chi connectivity index (χ0v) is 12.8. The van der Waals surface area contributed by atoms with Gasteiger partial charge in [-0.05, 0) is 45.8 Å². The lowest BCUT2D eigenvalue weighted by Gasteiger charge is -2.13. The predicted molar refractivity (Wildman–Crippen MR) is 79.2 cm³/mol. The Morgan fingerprint density at radius 3 is 2.53 bits per heavy atom. The summed E-state index contributed by atoms with van der Waals surface area (Å²) in [7, 11) is 0. The molecular formula is C14H10BrCl2FO. The van der Waals surface area contributed by atoms with Crippen molar-refractivity contribution >= 4 is 39.1 Å². The highest BCUT2D eigenvalue weighted by atomic mass is 79.9. The fourth-order valence-corrected chi connectivity index (χ4v) is 2.43. The molecule has 2 aromatic rings. The maximum absolute atomic E-state index is 13.6. The third-order valence-corrected chi connectivity index (χ3v) is 4.37. The van der Waals surface area contributed by atoms with Crippen molar-refractivity contribution in [2.45, 2.75) is 12.5 Å². The first-order valence-corrected chi connectivity index (χ1v) is 7.10. The van der Waals surface area contributed by atoms with E-state index in [1.54, 1.807) is 24.3 Å². The average molecular weight is 364 g/mol. The maximum Gasteiger partial charge on any atom is 0.127 e. The maximum atomic E-state index is 13.6. The highest BCUT2D eigenvalue weighted by molar-refractivity contribution is 9.10. The van der Waals surface area contributed by atoms with Crippen LogP contribution in [0.3, 0.4) is 0 Å². The Morgan fingerprint density at radius 2 is 1.89 bits per heavy atom. The van der Waals surface area contributed by atoms with E-state index in [0.29, 0.717) is 21.2 Å². The highest BCUT2D eigenvalue weighted by Crippen LogP contribution is 2.29. The number of aliphatic hydroxyl groups is 1. The number of aliphatic hydroxyl groups excluding tert-OH is 1. The van der Waals surface area contributed by atoms with Gasteiger partial charge < -0.3 is 5.11 Å². The SMILES string of the molecule is OC(Cc1c(F)cccc1Cl)c1ccc(Br)c(Cl)c1. The Morgan fingerprint density at radius 1 is 1.16 bits per heavy atom. The number of benzene rings is 2. The molecule has 2 rings (SSSR count). The van der Waals surface area contributed by atoms with Crippen LogP contribution in [-0.4, -0.2) is 5.11 Å². The molecule has 0 bridgehead atoms. The molecule has 1 nitrogen and oxygen atoms in total. The van der Waals surface area contributed by atoms with E-state index in [2.05, 4.69) is 15.9 Å². The topological polar surface area (TPSA) is 20.2 Å². The second kappa shape index (κ2) is 6.23. The van der Waals surface area contributed by atoms with Crippen molar-refractivity contribution in [3.63, 3.8) is 0 Å². The highest BCUT2D eigenvalue weighted by Gasteiger charge is 2.15. The van der Waals surface area contributed by atoms with Crippen LogP contribution in [0.4, 0.5) is 4.39 Å². The van der Waals surface area contributed by atoms with E-state index in [-0.39, 0.29) is 6.42 Å². The van der Waals surface area contributed by atoms with Crippen LogP contribution in [0.5, 0.6) is 0 Å². The van der Waals surface area contributed by atoms with Crippen LogP contribution in [0.25, 0.3) is 0 Å². The normalized spacial score (nSPS) is 12.5. The predicted octanol–water partition coefficient (Wildman–Crippen LogP) is 5.17. The van der Waals surface area contributed by atoms with E-state index in [0.717, 1.165) is 4.47 Å². The van der Waals surface area contributed by atoms with Crippen LogP contribution in [0, 0.1) is 5.82 Å². The number of halogens is 4. The minimum atomic E-state index is -0.861. The molecule has 2 aromatic carbocycles. The molecular weight excluding hydrogens is 354 g/mol. The summed E-state index contributed by atoms with van der Waals surface area (Å²) in [6, 6.07) is 9.57. The Bertz CT molecular complexity index is 584. The van der Waals surface area contributed by atoms with Gasteiger partial charge in [-0.15, -0.1) is 0 Å². The van der Waals surface area contributed by atoms with Crippen molar-refractivity contribution in [1.82, 2.24) is 0 Å². The van der Waals surface area contributed by atoms with Crippen LogP contribution in [0.1, 0.15) is 17.2 Å². The van der Waals surface area contributed by atoms with Gasteiger partial charge in [-0.25, -0.2) is 4.39 Å². The number of rotatable bonds is 3. The average Bonchev–Trinajstić information content (AvgIpc) is 2.37. The molecule has 0 fully saturated rings. The standard InChI is InChI=1S/C14H10BrCl2FO/c15-10-5-4-8(6-12(10)17)14(19)7-9-11(16)2-1-3-13(9)18/h1-6,14,19H,7H2. The summed E-state index contributed by atoms with van der Waals surface area (Å²) in [5.74, 6) is -0.422. The molecule has 5 heteroatoms. The summed E-state index contributed by atoms with van der Waals surface area (Å²) in [6.45, 7) is 0. The van der Waals surface area contributed by atoms with Gasteiger partial charge in [0.15, 0.2) is 0 Å². The minimum absolute atomic E-state index is 0.101. The van der Waals surface area contributed by atoms with Crippen molar-refractivity contribution in [3.8, 4) is 0 Å². The lowest BCUT2D eigenvalue weighted by atomic mass is 10.0. The van der Waals surface area contributed by atoms with E-state index in [1.165, 1.54) is 12.1 Å². The van der Waals surface area contributed by atoms with Crippen molar-refractivity contribution in [2.75, 3.05) is 0 Å². The summed E-state index contributed by atoms with van der Waals surface area (Å²) in [4.78, 5) is 0. The Labute approximate surface area is 129 Å². The smallest absolute Gasteiger partial charge is 0.127 e. The lowest BCUT2D eigenvalue weighted by Crippen LogP contribution is -2.04. The van der Waals surface area contributed by atoms with Crippen molar-refractivity contribution < 1.29 is 9.50 Å². The summed E-state index contributed by atoms with van der Waals surface area (Å²) < 4.78 is 14.4. The Hall–Kier alpha value is -0.610. The minimum Gasteiger partial charge on any atom is -0.388 e. The Balaban J connectivity index is 2.25. The van der Waals surface area contributed by atoms with E-state index < -0.39 is 11.9 Å². The van der Waals surface area contributed by atoms with Crippen LogP contribution in [-0.2, 0) is 6.42 Å².